The molecule has 2 heterocycles. The number of amides is 1. The van der Waals surface area contributed by atoms with Crippen molar-refractivity contribution in [3.8, 4) is 11.3 Å². The molecule has 1 fully saturated rings. The molecule has 1 N–H and O–H groups in total. The number of aromatic nitrogens is 1. The molecule has 3 aromatic rings. The van der Waals surface area contributed by atoms with Crippen molar-refractivity contribution in [1.29, 1.82) is 0 Å². The van der Waals surface area contributed by atoms with E-state index in [-0.39, 0.29) is 5.91 Å². The molecule has 1 aliphatic heterocycles. The summed E-state index contributed by atoms with van der Waals surface area (Å²) < 4.78 is 5.31. The Morgan fingerprint density at radius 1 is 1.19 bits per heavy atom. The number of nitrogens with zero attached hydrogens (tertiary/aromatic N) is 2. The predicted molar refractivity (Wildman–Crippen MR) is 106 cm³/mol. The molecule has 5 nitrogen and oxygen atoms in total. The Balaban J connectivity index is 1.33. The lowest BCUT2D eigenvalue weighted by atomic mass is 10.1. The molecule has 2 aromatic carbocycles. The van der Waals surface area contributed by atoms with E-state index in [1.807, 2.05) is 30.3 Å². The summed E-state index contributed by atoms with van der Waals surface area (Å²) in [5, 5.41) is 6.92. The van der Waals surface area contributed by atoms with E-state index >= 15 is 0 Å². The molecule has 1 atom stereocenters. The van der Waals surface area contributed by atoms with Gasteiger partial charge in [-0.15, -0.1) is 0 Å². The highest BCUT2D eigenvalue weighted by atomic mass is 16.5. The fraction of sp³-hybridized carbons (Fsp3) is 0.273. The summed E-state index contributed by atoms with van der Waals surface area (Å²) in [5.74, 6) is 0.858. The molecule has 138 valence electrons. The Bertz CT molecular complexity index is 920. The van der Waals surface area contributed by atoms with Gasteiger partial charge < -0.3 is 14.7 Å². The standard InChI is InChI=1S/C22H23N3O2/c1-16-7-5-6-10-20(16)25-12-11-17(15-25)14-23-22(26)19-13-21(27-24-19)18-8-3-2-4-9-18/h2-10,13,17H,11-12,14-15H2,1H3,(H,23,26)/t17-/m1/s1. The maximum Gasteiger partial charge on any atom is 0.273 e. The fourth-order valence-electron chi connectivity index (χ4n) is 3.58. The van der Waals surface area contributed by atoms with E-state index < -0.39 is 0 Å². The third-order valence-corrected chi connectivity index (χ3v) is 5.09. The fourth-order valence-corrected chi connectivity index (χ4v) is 3.58. The van der Waals surface area contributed by atoms with Crippen LogP contribution in [0.15, 0.2) is 65.2 Å². The van der Waals surface area contributed by atoms with Crippen molar-refractivity contribution in [1.82, 2.24) is 10.5 Å². The average molecular weight is 361 g/mol. The summed E-state index contributed by atoms with van der Waals surface area (Å²) in [6.45, 7) is 4.76. The number of benzene rings is 2. The predicted octanol–water partition coefficient (Wildman–Crippen LogP) is 3.91. The SMILES string of the molecule is Cc1ccccc1N1CC[C@H](CNC(=O)c2cc(-c3ccccc3)on2)C1. The number of hydrogen-bond donors (Lipinski definition) is 1. The van der Waals surface area contributed by atoms with Gasteiger partial charge in [-0.1, -0.05) is 53.7 Å². The molecule has 0 bridgehead atoms. The Morgan fingerprint density at radius 2 is 1.96 bits per heavy atom. The monoisotopic (exact) mass is 361 g/mol. The lowest BCUT2D eigenvalue weighted by Gasteiger charge is -2.21. The van der Waals surface area contributed by atoms with Crippen molar-refractivity contribution >= 4 is 11.6 Å². The van der Waals surface area contributed by atoms with Crippen LogP contribution < -0.4 is 10.2 Å². The largest absolute Gasteiger partial charge is 0.371 e. The Labute approximate surface area is 159 Å². The molecule has 1 aromatic heterocycles. The highest BCUT2D eigenvalue weighted by molar-refractivity contribution is 5.93. The van der Waals surface area contributed by atoms with Crippen LogP contribution in [0.5, 0.6) is 0 Å². The smallest absolute Gasteiger partial charge is 0.273 e. The number of carbonyl (C=O) groups excluding carboxylic acids is 1. The van der Waals surface area contributed by atoms with Crippen molar-refractivity contribution in [3.05, 3.63) is 71.9 Å². The molecule has 0 unspecified atom stereocenters. The van der Waals surface area contributed by atoms with Gasteiger partial charge in [0.1, 0.15) is 0 Å². The lowest BCUT2D eigenvalue weighted by molar-refractivity contribution is 0.0939. The molecule has 0 aliphatic carbocycles. The van der Waals surface area contributed by atoms with Crippen LogP contribution in [0.1, 0.15) is 22.5 Å². The molecule has 0 spiro atoms. The zero-order chi connectivity index (χ0) is 18.6. The van der Waals surface area contributed by atoms with Crippen molar-refractivity contribution in [2.45, 2.75) is 13.3 Å². The lowest BCUT2D eigenvalue weighted by Crippen LogP contribution is -2.31. The van der Waals surface area contributed by atoms with Crippen molar-refractivity contribution < 1.29 is 9.32 Å². The summed E-state index contributed by atoms with van der Waals surface area (Å²) in [4.78, 5) is 14.8. The first-order valence-corrected chi connectivity index (χ1v) is 9.31. The van der Waals surface area contributed by atoms with Crippen LogP contribution in [0.3, 0.4) is 0 Å². The number of aryl methyl sites for hydroxylation is 1. The number of para-hydroxylation sites is 1. The van der Waals surface area contributed by atoms with E-state index in [9.17, 15) is 4.79 Å². The van der Waals surface area contributed by atoms with E-state index in [0.29, 0.717) is 23.9 Å². The molecule has 27 heavy (non-hydrogen) atoms. The topological polar surface area (TPSA) is 58.4 Å². The molecule has 0 radical (unpaired) electrons. The van der Waals surface area contributed by atoms with Gasteiger partial charge in [0.25, 0.3) is 5.91 Å². The molecule has 1 saturated heterocycles. The van der Waals surface area contributed by atoms with E-state index in [1.165, 1.54) is 11.3 Å². The average Bonchev–Trinajstić information content (AvgIpc) is 3.37. The second kappa shape index (κ2) is 7.66. The van der Waals surface area contributed by atoms with Crippen molar-refractivity contribution in [3.63, 3.8) is 0 Å². The zero-order valence-corrected chi connectivity index (χ0v) is 15.4. The minimum atomic E-state index is -0.185. The van der Waals surface area contributed by atoms with Gasteiger partial charge in [-0.2, -0.15) is 0 Å². The van der Waals surface area contributed by atoms with Gasteiger partial charge in [-0.25, -0.2) is 0 Å². The van der Waals surface area contributed by atoms with Crippen LogP contribution in [0.25, 0.3) is 11.3 Å². The van der Waals surface area contributed by atoms with Crippen LogP contribution in [-0.2, 0) is 0 Å². The maximum atomic E-state index is 12.4. The number of rotatable bonds is 5. The van der Waals surface area contributed by atoms with Crippen LogP contribution in [0.4, 0.5) is 5.69 Å². The van der Waals surface area contributed by atoms with Gasteiger partial charge in [0, 0.05) is 37.0 Å². The highest BCUT2D eigenvalue weighted by Gasteiger charge is 2.24. The van der Waals surface area contributed by atoms with E-state index in [2.05, 4.69) is 46.6 Å². The molecule has 0 saturated carbocycles. The normalized spacial score (nSPS) is 16.5. The Kier molecular flexibility index (Phi) is 4.92. The Morgan fingerprint density at radius 3 is 2.78 bits per heavy atom. The van der Waals surface area contributed by atoms with E-state index in [1.54, 1.807) is 6.07 Å². The van der Waals surface area contributed by atoms with Crippen LogP contribution in [0, 0.1) is 12.8 Å². The van der Waals surface area contributed by atoms with Gasteiger partial charge in [0.2, 0.25) is 0 Å². The van der Waals surface area contributed by atoms with E-state index in [0.717, 1.165) is 25.1 Å². The number of carbonyl (C=O) groups is 1. The maximum absolute atomic E-state index is 12.4. The number of hydrogen-bond acceptors (Lipinski definition) is 4. The summed E-state index contributed by atoms with van der Waals surface area (Å²) >= 11 is 0. The molecular formula is C22H23N3O2. The molecule has 5 heteroatoms. The summed E-state index contributed by atoms with van der Waals surface area (Å²) in [6, 6.07) is 19.8. The quantitative estimate of drug-likeness (QED) is 0.749. The van der Waals surface area contributed by atoms with Gasteiger partial charge in [-0.05, 0) is 30.9 Å². The van der Waals surface area contributed by atoms with Crippen molar-refractivity contribution in [2.24, 2.45) is 5.92 Å². The third-order valence-electron chi connectivity index (χ3n) is 5.09. The van der Waals surface area contributed by atoms with Crippen LogP contribution in [-0.4, -0.2) is 30.7 Å². The third kappa shape index (κ3) is 3.87. The summed E-state index contributed by atoms with van der Waals surface area (Å²) in [7, 11) is 0. The van der Waals surface area contributed by atoms with Crippen LogP contribution >= 0.6 is 0 Å². The first-order valence-electron chi connectivity index (χ1n) is 9.31. The first-order chi connectivity index (χ1) is 13.2. The molecule has 1 aliphatic rings. The minimum Gasteiger partial charge on any atom is -0.371 e. The minimum absolute atomic E-state index is 0.185. The number of anilines is 1. The molecular weight excluding hydrogens is 338 g/mol. The zero-order valence-electron chi connectivity index (χ0n) is 15.4. The summed E-state index contributed by atoms with van der Waals surface area (Å²) in [6.07, 6.45) is 1.07. The van der Waals surface area contributed by atoms with Gasteiger partial charge in [0.15, 0.2) is 11.5 Å². The van der Waals surface area contributed by atoms with Crippen molar-refractivity contribution in [2.75, 3.05) is 24.5 Å². The Hall–Kier alpha value is -3.08. The van der Waals surface area contributed by atoms with E-state index in [4.69, 9.17) is 4.52 Å². The number of nitrogens with one attached hydrogen (secondary N) is 1. The highest BCUT2D eigenvalue weighted by Crippen LogP contribution is 2.26. The molecule has 4 rings (SSSR count). The second-order valence-electron chi connectivity index (χ2n) is 7.04. The second-order valence-corrected chi connectivity index (χ2v) is 7.04. The first kappa shape index (κ1) is 17.3. The van der Waals surface area contributed by atoms with Gasteiger partial charge >= 0.3 is 0 Å². The van der Waals surface area contributed by atoms with Gasteiger partial charge in [0.05, 0.1) is 0 Å². The summed E-state index contributed by atoms with van der Waals surface area (Å²) in [5.41, 5.74) is 3.81. The van der Waals surface area contributed by atoms with Crippen LogP contribution in [0.2, 0.25) is 0 Å². The van der Waals surface area contributed by atoms with Gasteiger partial charge in [-0.3, -0.25) is 4.79 Å². The molecule has 1 amide bonds.